The lowest BCUT2D eigenvalue weighted by Gasteiger charge is -2.07. The topological polar surface area (TPSA) is 66.0 Å². The van der Waals surface area contributed by atoms with Crippen molar-refractivity contribution in [1.29, 1.82) is 5.26 Å². The van der Waals surface area contributed by atoms with Crippen LogP contribution in [0.2, 0.25) is 0 Å². The number of anilines is 2. The van der Waals surface area contributed by atoms with E-state index in [4.69, 9.17) is 5.26 Å². The second-order valence-corrected chi connectivity index (χ2v) is 4.70. The van der Waals surface area contributed by atoms with E-state index in [-0.39, 0.29) is 0 Å². The van der Waals surface area contributed by atoms with Gasteiger partial charge in [0.2, 0.25) is 0 Å². The minimum Gasteiger partial charge on any atom is -0.337 e. The van der Waals surface area contributed by atoms with Gasteiger partial charge in [0.25, 0.3) is 0 Å². The van der Waals surface area contributed by atoms with Crippen LogP contribution in [-0.2, 0) is 0 Å². The fourth-order valence-electron chi connectivity index (χ4n) is 1.75. The summed E-state index contributed by atoms with van der Waals surface area (Å²) in [7, 11) is 0. The molecule has 2 aromatic heterocycles. The number of halogens is 1. The van der Waals surface area contributed by atoms with E-state index in [0.29, 0.717) is 16.0 Å². The monoisotopic (exact) mass is 313 g/mol. The van der Waals surface area contributed by atoms with Gasteiger partial charge in [-0.2, -0.15) is 5.26 Å². The molecule has 2 heterocycles. The molecular weight excluding hydrogens is 306 g/mol. The Bertz CT molecular complexity index is 770. The zero-order valence-electron chi connectivity index (χ0n) is 9.71. The van der Waals surface area contributed by atoms with Gasteiger partial charge in [0.05, 0.1) is 11.6 Å². The van der Waals surface area contributed by atoms with Crippen molar-refractivity contribution >= 4 is 33.1 Å². The molecule has 19 heavy (non-hydrogen) atoms. The molecule has 0 unspecified atom stereocenters. The molecular formula is C13H8BrN5. The molecule has 6 heteroatoms. The first-order valence-electron chi connectivity index (χ1n) is 5.52. The quantitative estimate of drug-likeness (QED) is 0.789. The number of nitrogens with one attached hydrogen (secondary N) is 1. The van der Waals surface area contributed by atoms with E-state index in [1.165, 1.54) is 0 Å². The van der Waals surface area contributed by atoms with Crippen molar-refractivity contribution in [1.82, 2.24) is 14.4 Å². The summed E-state index contributed by atoms with van der Waals surface area (Å²) in [5.41, 5.74) is 2.22. The normalized spacial score (nSPS) is 10.3. The third-order valence-corrected chi connectivity index (χ3v) is 3.00. The van der Waals surface area contributed by atoms with Crippen molar-refractivity contribution < 1.29 is 0 Å². The highest BCUT2D eigenvalue weighted by Crippen LogP contribution is 2.21. The zero-order valence-corrected chi connectivity index (χ0v) is 11.3. The average molecular weight is 314 g/mol. The molecule has 92 valence electrons. The van der Waals surface area contributed by atoms with E-state index in [1.54, 1.807) is 18.3 Å². The SMILES string of the molecule is N#Cc1ccc(Nc2nc(Br)cn3ccnc23)cc1. The smallest absolute Gasteiger partial charge is 0.180 e. The number of nitriles is 1. The number of rotatable bonds is 2. The maximum Gasteiger partial charge on any atom is 0.180 e. The first-order valence-corrected chi connectivity index (χ1v) is 6.32. The van der Waals surface area contributed by atoms with Gasteiger partial charge in [-0.05, 0) is 40.2 Å². The second-order valence-electron chi connectivity index (χ2n) is 3.88. The van der Waals surface area contributed by atoms with Crippen LogP contribution < -0.4 is 5.32 Å². The first kappa shape index (κ1) is 11.7. The number of hydrogen-bond acceptors (Lipinski definition) is 4. The molecule has 3 rings (SSSR count). The molecule has 0 aliphatic carbocycles. The molecule has 0 bridgehead atoms. The fourth-order valence-corrected chi connectivity index (χ4v) is 2.15. The third-order valence-electron chi connectivity index (χ3n) is 2.62. The number of fused-ring (bicyclic) bond motifs is 1. The molecule has 0 atom stereocenters. The van der Waals surface area contributed by atoms with Crippen molar-refractivity contribution in [3.63, 3.8) is 0 Å². The Kier molecular flexibility index (Phi) is 2.89. The molecule has 3 aromatic rings. The molecule has 0 spiro atoms. The Morgan fingerprint density at radius 1 is 1.26 bits per heavy atom. The Labute approximate surface area is 117 Å². The van der Waals surface area contributed by atoms with E-state index in [9.17, 15) is 0 Å². The molecule has 0 saturated carbocycles. The Morgan fingerprint density at radius 3 is 2.79 bits per heavy atom. The molecule has 0 radical (unpaired) electrons. The van der Waals surface area contributed by atoms with Crippen LogP contribution in [0, 0.1) is 11.3 Å². The summed E-state index contributed by atoms with van der Waals surface area (Å²) >= 11 is 3.36. The van der Waals surface area contributed by atoms with E-state index in [0.717, 1.165) is 11.3 Å². The summed E-state index contributed by atoms with van der Waals surface area (Å²) in [6.45, 7) is 0. The van der Waals surface area contributed by atoms with Crippen LogP contribution in [0.3, 0.4) is 0 Å². The van der Waals surface area contributed by atoms with Gasteiger partial charge in [-0.1, -0.05) is 0 Å². The minimum atomic E-state index is 0.624. The Balaban J connectivity index is 2.00. The van der Waals surface area contributed by atoms with Gasteiger partial charge in [0.1, 0.15) is 4.60 Å². The lowest BCUT2D eigenvalue weighted by molar-refractivity contribution is 1.10. The first-order chi connectivity index (χ1) is 9.26. The number of benzene rings is 1. The number of hydrogen-bond donors (Lipinski definition) is 1. The van der Waals surface area contributed by atoms with Crippen molar-refractivity contribution in [3.8, 4) is 6.07 Å². The van der Waals surface area contributed by atoms with Crippen molar-refractivity contribution in [2.24, 2.45) is 0 Å². The van der Waals surface area contributed by atoms with Crippen LogP contribution >= 0.6 is 15.9 Å². The van der Waals surface area contributed by atoms with Gasteiger partial charge in [-0.15, -0.1) is 0 Å². The van der Waals surface area contributed by atoms with Crippen LogP contribution in [0.25, 0.3) is 5.65 Å². The van der Waals surface area contributed by atoms with Gasteiger partial charge in [0, 0.05) is 24.3 Å². The van der Waals surface area contributed by atoms with E-state index >= 15 is 0 Å². The van der Waals surface area contributed by atoms with Crippen molar-refractivity contribution in [3.05, 3.63) is 53.0 Å². The van der Waals surface area contributed by atoms with Crippen LogP contribution in [-0.4, -0.2) is 14.4 Å². The largest absolute Gasteiger partial charge is 0.337 e. The highest BCUT2D eigenvalue weighted by Gasteiger charge is 2.06. The third kappa shape index (κ3) is 2.28. The van der Waals surface area contributed by atoms with Gasteiger partial charge in [-0.3, -0.25) is 0 Å². The van der Waals surface area contributed by atoms with Crippen LogP contribution in [0.5, 0.6) is 0 Å². The van der Waals surface area contributed by atoms with Gasteiger partial charge in [-0.25, -0.2) is 9.97 Å². The molecule has 0 fully saturated rings. The van der Waals surface area contributed by atoms with Crippen molar-refractivity contribution in [2.45, 2.75) is 0 Å². The van der Waals surface area contributed by atoms with E-state index in [2.05, 4.69) is 37.3 Å². The molecule has 0 amide bonds. The summed E-state index contributed by atoms with van der Waals surface area (Å²) in [4.78, 5) is 8.62. The highest BCUT2D eigenvalue weighted by molar-refractivity contribution is 9.10. The molecule has 1 aromatic carbocycles. The Morgan fingerprint density at radius 2 is 2.05 bits per heavy atom. The van der Waals surface area contributed by atoms with Crippen LogP contribution in [0.4, 0.5) is 11.5 Å². The second kappa shape index (κ2) is 4.71. The van der Waals surface area contributed by atoms with Gasteiger partial charge < -0.3 is 9.72 Å². The van der Waals surface area contributed by atoms with Crippen molar-refractivity contribution in [2.75, 3.05) is 5.32 Å². The summed E-state index contributed by atoms with van der Waals surface area (Å²) in [5, 5.41) is 12.0. The lowest BCUT2D eigenvalue weighted by Crippen LogP contribution is -1.98. The molecule has 0 aliphatic heterocycles. The minimum absolute atomic E-state index is 0.624. The maximum atomic E-state index is 8.77. The number of nitrogens with zero attached hydrogens (tertiary/aromatic N) is 4. The lowest BCUT2D eigenvalue weighted by atomic mass is 10.2. The predicted octanol–water partition coefficient (Wildman–Crippen LogP) is 3.11. The number of imidazole rings is 1. The van der Waals surface area contributed by atoms with E-state index < -0.39 is 0 Å². The predicted molar refractivity (Wildman–Crippen MR) is 75.1 cm³/mol. The summed E-state index contributed by atoms with van der Waals surface area (Å²) in [6, 6.07) is 9.26. The molecule has 1 N–H and O–H groups in total. The fraction of sp³-hybridized carbons (Fsp3) is 0. The highest BCUT2D eigenvalue weighted by atomic mass is 79.9. The number of aromatic nitrogens is 3. The van der Waals surface area contributed by atoms with Crippen LogP contribution in [0.1, 0.15) is 5.56 Å². The summed E-state index contributed by atoms with van der Waals surface area (Å²) < 4.78 is 2.59. The summed E-state index contributed by atoms with van der Waals surface area (Å²) in [5.74, 6) is 0.657. The van der Waals surface area contributed by atoms with Gasteiger partial charge >= 0.3 is 0 Å². The average Bonchev–Trinajstić information content (AvgIpc) is 2.88. The van der Waals surface area contributed by atoms with Crippen LogP contribution in [0.15, 0.2) is 47.5 Å². The molecule has 0 saturated heterocycles. The standard InChI is InChI=1S/C13H8BrN5/c14-11-8-19-6-5-16-13(19)12(18-11)17-10-3-1-9(7-15)2-4-10/h1-6,8H,(H,17,18). The van der Waals surface area contributed by atoms with E-state index in [1.807, 2.05) is 28.9 Å². The Hall–Kier alpha value is -2.39. The maximum absolute atomic E-state index is 8.77. The summed E-state index contributed by atoms with van der Waals surface area (Å²) in [6.07, 6.45) is 5.41. The molecule has 5 nitrogen and oxygen atoms in total. The molecule has 0 aliphatic rings. The van der Waals surface area contributed by atoms with Gasteiger partial charge in [0.15, 0.2) is 11.5 Å². The zero-order chi connectivity index (χ0) is 13.2.